The van der Waals surface area contributed by atoms with Crippen LogP contribution >= 0.6 is 23.2 Å². The van der Waals surface area contributed by atoms with E-state index in [2.05, 4.69) is 0 Å². The number of fused-ring (bicyclic) bond motifs is 1. The fourth-order valence-corrected chi connectivity index (χ4v) is 2.87. The Morgan fingerprint density at radius 1 is 1.20 bits per heavy atom. The second-order valence-electron chi connectivity index (χ2n) is 4.69. The minimum Gasteiger partial charge on any atom is -0.397 e. The maximum atomic E-state index is 12.7. The van der Waals surface area contributed by atoms with Crippen LogP contribution in [-0.2, 0) is 6.42 Å². The quantitative estimate of drug-likeness (QED) is 0.815. The van der Waals surface area contributed by atoms with Crippen LogP contribution in [0.1, 0.15) is 15.9 Å². The fraction of sp³-hybridized carbons (Fsp3) is 0.133. The van der Waals surface area contributed by atoms with Crippen LogP contribution in [0.25, 0.3) is 0 Å². The minimum absolute atomic E-state index is 0.172. The van der Waals surface area contributed by atoms with Crippen LogP contribution < -0.4 is 10.6 Å². The third-order valence-corrected chi connectivity index (χ3v) is 3.99. The van der Waals surface area contributed by atoms with Gasteiger partial charge in [0.2, 0.25) is 0 Å². The van der Waals surface area contributed by atoms with Crippen LogP contribution in [-0.4, -0.2) is 12.5 Å². The highest BCUT2D eigenvalue weighted by Crippen LogP contribution is 2.35. The second kappa shape index (κ2) is 5.00. The number of hydrogen-bond donors (Lipinski definition) is 1. The predicted octanol–water partition coefficient (Wildman–Crippen LogP) is 3.78. The molecule has 0 atom stereocenters. The van der Waals surface area contributed by atoms with E-state index in [-0.39, 0.29) is 5.91 Å². The Balaban J connectivity index is 2.04. The van der Waals surface area contributed by atoms with Crippen LogP contribution in [0.5, 0.6) is 0 Å². The monoisotopic (exact) mass is 306 g/mol. The van der Waals surface area contributed by atoms with Gasteiger partial charge in [0, 0.05) is 11.6 Å². The van der Waals surface area contributed by atoms with Crippen molar-refractivity contribution in [2.24, 2.45) is 0 Å². The Morgan fingerprint density at radius 2 is 2.00 bits per heavy atom. The molecule has 3 nitrogen and oxygen atoms in total. The summed E-state index contributed by atoms with van der Waals surface area (Å²) in [7, 11) is 0. The van der Waals surface area contributed by atoms with Gasteiger partial charge >= 0.3 is 0 Å². The molecule has 20 heavy (non-hydrogen) atoms. The molecule has 1 heterocycles. The number of anilines is 2. The molecule has 0 aromatic heterocycles. The molecule has 5 heteroatoms. The van der Waals surface area contributed by atoms with E-state index < -0.39 is 0 Å². The highest BCUT2D eigenvalue weighted by Gasteiger charge is 2.28. The molecule has 1 aliphatic rings. The van der Waals surface area contributed by atoms with Gasteiger partial charge < -0.3 is 10.6 Å². The zero-order chi connectivity index (χ0) is 14.3. The number of amides is 1. The molecule has 0 unspecified atom stereocenters. The highest BCUT2D eigenvalue weighted by molar-refractivity contribution is 6.36. The summed E-state index contributed by atoms with van der Waals surface area (Å²) in [5.74, 6) is -0.172. The second-order valence-corrected chi connectivity index (χ2v) is 5.53. The van der Waals surface area contributed by atoms with E-state index in [1.165, 1.54) is 0 Å². The van der Waals surface area contributed by atoms with E-state index in [0.717, 1.165) is 17.7 Å². The van der Waals surface area contributed by atoms with Crippen molar-refractivity contribution >= 4 is 40.5 Å². The minimum atomic E-state index is -0.172. The molecule has 2 aromatic carbocycles. The SMILES string of the molecule is Nc1cccc2c1N(C(=O)c1cc(Cl)ccc1Cl)CC2. The Kier molecular flexibility index (Phi) is 3.32. The van der Waals surface area contributed by atoms with Crippen molar-refractivity contribution in [3.63, 3.8) is 0 Å². The average molecular weight is 307 g/mol. The zero-order valence-corrected chi connectivity index (χ0v) is 12.1. The number of hydrogen-bond acceptors (Lipinski definition) is 2. The molecule has 1 amide bonds. The highest BCUT2D eigenvalue weighted by atomic mass is 35.5. The molecule has 102 valence electrons. The first-order chi connectivity index (χ1) is 9.58. The Labute approximate surface area is 126 Å². The van der Waals surface area contributed by atoms with Crippen molar-refractivity contribution in [3.8, 4) is 0 Å². The number of nitrogen functional groups attached to an aromatic ring is 1. The Bertz CT molecular complexity index is 700. The molecule has 0 bridgehead atoms. The van der Waals surface area contributed by atoms with Gasteiger partial charge in [-0.05, 0) is 36.2 Å². The van der Waals surface area contributed by atoms with Crippen LogP contribution in [0.4, 0.5) is 11.4 Å². The lowest BCUT2D eigenvalue weighted by atomic mass is 10.1. The van der Waals surface area contributed by atoms with Crippen molar-refractivity contribution in [1.82, 2.24) is 0 Å². The van der Waals surface area contributed by atoms with Gasteiger partial charge in [-0.15, -0.1) is 0 Å². The van der Waals surface area contributed by atoms with Crippen molar-refractivity contribution in [2.75, 3.05) is 17.2 Å². The van der Waals surface area contributed by atoms with E-state index in [0.29, 0.717) is 27.8 Å². The Hall–Kier alpha value is -1.71. The van der Waals surface area contributed by atoms with Gasteiger partial charge in [0.25, 0.3) is 5.91 Å². The van der Waals surface area contributed by atoms with Crippen molar-refractivity contribution in [2.45, 2.75) is 6.42 Å². The number of carbonyl (C=O) groups is 1. The summed E-state index contributed by atoms with van der Waals surface area (Å²) in [6.45, 7) is 0.602. The number of rotatable bonds is 1. The van der Waals surface area contributed by atoms with Gasteiger partial charge in [0.15, 0.2) is 0 Å². The van der Waals surface area contributed by atoms with Gasteiger partial charge in [0.05, 0.1) is 22.0 Å². The smallest absolute Gasteiger partial charge is 0.259 e. The van der Waals surface area contributed by atoms with Crippen molar-refractivity contribution in [3.05, 3.63) is 57.6 Å². The third kappa shape index (κ3) is 2.13. The number of halogens is 2. The first kappa shape index (κ1) is 13.3. The largest absolute Gasteiger partial charge is 0.397 e. The first-order valence-electron chi connectivity index (χ1n) is 6.22. The summed E-state index contributed by atoms with van der Waals surface area (Å²) in [5.41, 5.74) is 8.86. The molecular formula is C15H12Cl2N2O. The van der Waals surface area contributed by atoms with Gasteiger partial charge in [-0.3, -0.25) is 4.79 Å². The van der Waals surface area contributed by atoms with E-state index in [9.17, 15) is 4.79 Å². The zero-order valence-electron chi connectivity index (χ0n) is 10.6. The summed E-state index contributed by atoms with van der Waals surface area (Å²) in [4.78, 5) is 14.3. The number of para-hydroxylation sites is 1. The fourth-order valence-electron chi connectivity index (χ4n) is 2.50. The van der Waals surface area contributed by atoms with Crippen LogP contribution in [0.15, 0.2) is 36.4 Å². The summed E-state index contributed by atoms with van der Waals surface area (Å²) in [6.07, 6.45) is 0.796. The van der Waals surface area contributed by atoms with Crippen molar-refractivity contribution < 1.29 is 4.79 Å². The van der Waals surface area contributed by atoms with Crippen LogP contribution in [0.3, 0.4) is 0 Å². The normalized spacial score (nSPS) is 13.4. The topological polar surface area (TPSA) is 46.3 Å². The van der Waals surface area contributed by atoms with Gasteiger partial charge in [-0.2, -0.15) is 0 Å². The summed E-state index contributed by atoms with van der Waals surface area (Å²) < 4.78 is 0. The van der Waals surface area contributed by atoms with Gasteiger partial charge in [-0.1, -0.05) is 35.3 Å². The molecule has 0 fully saturated rings. The lowest BCUT2D eigenvalue weighted by Crippen LogP contribution is -2.29. The van der Waals surface area contributed by atoms with Crippen LogP contribution in [0.2, 0.25) is 10.0 Å². The van der Waals surface area contributed by atoms with Gasteiger partial charge in [-0.25, -0.2) is 0 Å². The molecular weight excluding hydrogens is 295 g/mol. The molecule has 1 aliphatic heterocycles. The number of nitrogens with two attached hydrogens (primary N) is 1. The maximum absolute atomic E-state index is 12.7. The standard InChI is InChI=1S/C15H12Cl2N2O/c16-10-4-5-12(17)11(8-10)15(20)19-7-6-9-2-1-3-13(18)14(9)19/h1-5,8H,6-7,18H2. The van der Waals surface area contributed by atoms with E-state index >= 15 is 0 Å². The Morgan fingerprint density at radius 3 is 2.80 bits per heavy atom. The average Bonchev–Trinajstić information content (AvgIpc) is 2.86. The molecule has 2 N–H and O–H groups in total. The molecule has 0 saturated carbocycles. The number of carbonyl (C=O) groups excluding carboxylic acids is 1. The third-order valence-electron chi connectivity index (χ3n) is 3.43. The van der Waals surface area contributed by atoms with Crippen molar-refractivity contribution in [1.29, 1.82) is 0 Å². The maximum Gasteiger partial charge on any atom is 0.259 e. The van der Waals surface area contributed by atoms with Gasteiger partial charge in [0.1, 0.15) is 0 Å². The summed E-state index contributed by atoms with van der Waals surface area (Å²) in [6, 6.07) is 10.6. The lowest BCUT2D eigenvalue weighted by molar-refractivity contribution is 0.0989. The summed E-state index contributed by atoms with van der Waals surface area (Å²) in [5, 5.41) is 0.876. The first-order valence-corrected chi connectivity index (χ1v) is 6.98. The molecule has 0 saturated heterocycles. The molecule has 0 aliphatic carbocycles. The predicted molar refractivity (Wildman–Crippen MR) is 82.7 cm³/mol. The van der Waals surface area contributed by atoms with E-state index in [1.807, 2.05) is 12.1 Å². The van der Waals surface area contributed by atoms with E-state index in [1.54, 1.807) is 29.2 Å². The molecule has 2 aromatic rings. The lowest BCUT2D eigenvalue weighted by Gasteiger charge is -2.19. The summed E-state index contributed by atoms with van der Waals surface area (Å²) >= 11 is 12.0. The number of nitrogens with zero attached hydrogens (tertiary/aromatic N) is 1. The number of benzene rings is 2. The molecule has 0 radical (unpaired) electrons. The molecule has 0 spiro atoms. The molecule has 3 rings (SSSR count). The van der Waals surface area contributed by atoms with Crippen LogP contribution in [0, 0.1) is 0 Å². The van der Waals surface area contributed by atoms with E-state index in [4.69, 9.17) is 28.9 Å².